The number of imide groups is 1. The number of allylic oxidation sites excluding steroid dienone is 2. The van der Waals surface area contributed by atoms with Crippen molar-refractivity contribution < 1.29 is 19.1 Å². The summed E-state index contributed by atoms with van der Waals surface area (Å²) < 4.78 is 5.54. The minimum Gasteiger partial charge on any atom is -0.490 e. The number of ether oxygens (including phenoxy) is 1. The van der Waals surface area contributed by atoms with Gasteiger partial charge in [0.2, 0.25) is 17.7 Å². The van der Waals surface area contributed by atoms with Crippen LogP contribution in [0, 0.1) is 11.8 Å². The Morgan fingerprint density at radius 1 is 1.08 bits per heavy atom. The van der Waals surface area contributed by atoms with E-state index in [1.165, 1.54) is 0 Å². The molecule has 2 aliphatic heterocycles. The lowest BCUT2D eigenvalue weighted by Crippen LogP contribution is -2.46. The molecule has 0 spiro atoms. The molecule has 2 unspecified atom stereocenters. The van der Waals surface area contributed by atoms with Gasteiger partial charge in [0.15, 0.2) is 0 Å². The first-order chi connectivity index (χ1) is 11.7. The van der Waals surface area contributed by atoms with Crippen LogP contribution in [0.15, 0.2) is 36.4 Å². The van der Waals surface area contributed by atoms with Crippen LogP contribution in [0.3, 0.4) is 0 Å². The second-order valence-corrected chi connectivity index (χ2v) is 6.28. The minimum absolute atomic E-state index is 0.195. The lowest BCUT2D eigenvalue weighted by Gasteiger charge is -2.30. The van der Waals surface area contributed by atoms with Gasteiger partial charge in [-0.3, -0.25) is 19.3 Å². The van der Waals surface area contributed by atoms with Crippen LogP contribution in [-0.2, 0) is 14.4 Å². The predicted octanol–water partition coefficient (Wildman–Crippen LogP) is 1.36. The van der Waals surface area contributed by atoms with Gasteiger partial charge < -0.3 is 9.64 Å². The fraction of sp³-hybridized carbons (Fsp3) is 0.389. The molecular weight excluding hydrogens is 308 g/mol. The number of carbonyl (C=O) groups is 3. The van der Waals surface area contributed by atoms with E-state index >= 15 is 0 Å². The van der Waals surface area contributed by atoms with Crippen molar-refractivity contribution in [2.24, 2.45) is 11.8 Å². The molecule has 4 rings (SSSR count). The number of benzene rings is 1. The molecule has 1 fully saturated rings. The molecule has 1 aromatic carbocycles. The van der Waals surface area contributed by atoms with Gasteiger partial charge >= 0.3 is 0 Å². The van der Waals surface area contributed by atoms with Gasteiger partial charge in [-0.15, -0.1) is 0 Å². The molecule has 0 aromatic heterocycles. The van der Waals surface area contributed by atoms with Crippen molar-refractivity contribution in [3.8, 4) is 5.75 Å². The number of carbonyl (C=O) groups excluding carboxylic acids is 3. The zero-order chi connectivity index (χ0) is 16.7. The van der Waals surface area contributed by atoms with Crippen LogP contribution >= 0.6 is 0 Å². The maximum absolute atomic E-state index is 12.7. The SMILES string of the molecule is O=C1C2CC=CCC2C(=O)N1CC(=O)N1CCOc2ccccc21. The zero-order valence-corrected chi connectivity index (χ0v) is 13.2. The van der Waals surface area contributed by atoms with Gasteiger partial charge in [-0.05, 0) is 25.0 Å². The minimum atomic E-state index is -0.299. The van der Waals surface area contributed by atoms with E-state index in [1.54, 1.807) is 11.0 Å². The molecule has 6 heteroatoms. The summed E-state index contributed by atoms with van der Waals surface area (Å²) in [4.78, 5) is 40.4. The lowest BCUT2D eigenvalue weighted by atomic mass is 9.85. The van der Waals surface area contributed by atoms with E-state index < -0.39 is 0 Å². The zero-order valence-electron chi connectivity index (χ0n) is 13.2. The van der Waals surface area contributed by atoms with E-state index in [0.29, 0.717) is 37.4 Å². The molecule has 0 radical (unpaired) electrons. The molecule has 0 saturated carbocycles. The van der Waals surface area contributed by atoms with Crippen LogP contribution in [0.5, 0.6) is 5.75 Å². The fourth-order valence-electron chi connectivity index (χ4n) is 3.67. The number of rotatable bonds is 2. The van der Waals surface area contributed by atoms with Crippen molar-refractivity contribution in [1.82, 2.24) is 4.90 Å². The predicted molar refractivity (Wildman–Crippen MR) is 86.4 cm³/mol. The van der Waals surface area contributed by atoms with Crippen molar-refractivity contribution in [2.45, 2.75) is 12.8 Å². The Hall–Kier alpha value is -2.63. The molecule has 6 nitrogen and oxygen atoms in total. The molecule has 1 saturated heterocycles. The Morgan fingerprint density at radius 3 is 2.46 bits per heavy atom. The summed E-state index contributed by atoms with van der Waals surface area (Å²) in [5.74, 6) is -0.638. The van der Waals surface area contributed by atoms with Gasteiger partial charge in [-0.2, -0.15) is 0 Å². The molecule has 1 aliphatic carbocycles. The largest absolute Gasteiger partial charge is 0.490 e. The molecule has 0 N–H and O–H groups in total. The number of fused-ring (bicyclic) bond motifs is 2. The van der Waals surface area contributed by atoms with Crippen LogP contribution in [-0.4, -0.2) is 42.3 Å². The van der Waals surface area contributed by atoms with Crippen molar-refractivity contribution >= 4 is 23.4 Å². The van der Waals surface area contributed by atoms with Crippen LogP contribution in [0.25, 0.3) is 0 Å². The van der Waals surface area contributed by atoms with E-state index in [0.717, 1.165) is 4.90 Å². The third-order valence-electron chi connectivity index (χ3n) is 4.92. The third-order valence-corrected chi connectivity index (χ3v) is 4.92. The summed E-state index contributed by atoms with van der Waals surface area (Å²) in [5, 5.41) is 0. The maximum Gasteiger partial charge on any atom is 0.247 e. The van der Waals surface area contributed by atoms with Gasteiger partial charge in [0, 0.05) is 0 Å². The van der Waals surface area contributed by atoms with E-state index in [4.69, 9.17) is 4.74 Å². The highest BCUT2D eigenvalue weighted by atomic mass is 16.5. The van der Waals surface area contributed by atoms with Crippen molar-refractivity contribution in [1.29, 1.82) is 0 Å². The number of amides is 3. The molecule has 2 atom stereocenters. The number of hydrogen-bond acceptors (Lipinski definition) is 4. The van der Waals surface area contributed by atoms with E-state index in [1.807, 2.05) is 30.4 Å². The topological polar surface area (TPSA) is 66.9 Å². The maximum atomic E-state index is 12.7. The highest BCUT2D eigenvalue weighted by Gasteiger charge is 2.48. The molecule has 3 amide bonds. The third kappa shape index (κ3) is 2.29. The van der Waals surface area contributed by atoms with E-state index in [2.05, 4.69) is 0 Å². The summed E-state index contributed by atoms with van der Waals surface area (Å²) in [7, 11) is 0. The molecule has 124 valence electrons. The summed E-state index contributed by atoms with van der Waals surface area (Å²) in [5.41, 5.74) is 0.687. The van der Waals surface area contributed by atoms with Crippen molar-refractivity contribution in [2.75, 3.05) is 24.6 Å². The van der Waals surface area contributed by atoms with Gasteiger partial charge in [-0.1, -0.05) is 24.3 Å². The fourth-order valence-corrected chi connectivity index (χ4v) is 3.67. The summed E-state index contributed by atoms with van der Waals surface area (Å²) >= 11 is 0. The highest BCUT2D eigenvalue weighted by molar-refractivity contribution is 6.09. The van der Waals surface area contributed by atoms with Gasteiger partial charge in [0.05, 0.1) is 24.1 Å². The lowest BCUT2D eigenvalue weighted by molar-refractivity contribution is -0.143. The number of likely N-dealkylation sites (tertiary alicyclic amines) is 1. The Balaban J connectivity index is 1.53. The summed E-state index contributed by atoms with van der Waals surface area (Å²) in [6, 6.07) is 7.29. The van der Waals surface area contributed by atoms with Crippen molar-refractivity contribution in [3.63, 3.8) is 0 Å². The molecule has 1 aromatic rings. The number of anilines is 1. The monoisotopic (exact) mass is 326 g/mol. The summed E-state index contributed by atoms with van der Waals surface area (Å²) in [6.45, 7) is 0.624. The first kappa shape index (κ1) is 14.9. The van der Waals surface area contributed by atoms with Crippen LogP contribution in [0.1, 0.15) is 12.8 Å². The Kier molecular flexibility index (Phi) is 3.59. The number of para-hydroxylation sites is 2. The second kappa shape index (κ2) is 5.78. The normalized spacial score (nSPS) is 25.3. The first-order valence-corrected chi connectivity index (χ1v) is 8.19. The van der Waals surface area contributed by atoms with Gasteiger partial charge in [-0.25, -0.2) is 0 Å². The molecule has 24 heavy (non-hydrogen) atoms. The molecule has 3 aliphatic rings. The Bertz CT molecular complexity index is 716. The van der Waals surface area contributed by atoms with Gasteiger partial charge in [0.25, 0.3) is 0 Å². The van der Waals surface area contributed by atoms with Crippen LogP contribution in [0.4, 0.5) is 5.69 Å². The average molecular weight is 326 g/mol. The Labute approximate surface area is 139 Å². The molecule has 2 heterocycles. The molecular formula is C18H18N2O4. The average Bonchev–Trinajstić information content (AvgIpc) is 2.86. The highest BCUT2D eigenvalue weighted by Crippen LogP contribution is 2.36. The number of nitrogens with zero attached hydrogens (tertiary/aromatic N) is 2. The van der Waals surface area contributed by atoms with E-state index in [9.17, 15) is 14.4 Å². The van der Waals surface area contributed by atoms with Crippen molar-refractivity contribution in [3.05, 3.63) is 36.4 Å². The van der Waals surface area contributed by atoms with Crippen LogP contribution < -0.4 is 9.64 Å². The van der Waals surface area contributed by atoms with Crippen LogP contribution in [0.2, 0.25) is 0 Å². The first-order valence-electron chi connectivity index (χ1n) is 8.19. The summed E-state index contributed by atoms with van der Waals surface area (Å²) in [6.07, 6.45) is 5.05. The standard InChI is InChI=1S/C18H18N2O4/c21-16(19-9-10-24-15-8-4-3-7-14(15)19)11-20-17(22)12-5-1-2-6-13(12)18(20)23/h1-4,7-8,12-13H,5-6,9-11H2. The van der Waals surface area contributed by atoms with E-state index in [-0.39, 0.29) is 36.1 Å². The second-order valence-electron chi connectivity index (χ2n) is 6.28. The quantitative estimate of drug-likeness (QED) is 0.608. The number of hydrogen-bond donors (Lipinski definition) is 0. The van der Waals surface area contributed by atoms with Gasteiger partial charge in [0.1, 0.15) is 18.9 Å². The molecule has 0 bridgehead atoms. The smallest absolute Gasteiger partial charge is 0.247 e. The Morgan fingerprint density at radius 2 is 1.75 bits per heavy atom.